The van der Waals surface area contributed by atoms with Crippen LogP contribution in [0.3, 0.4) is 0 Å². The molecule has 1 rings (SSSR count). The van der Waals surface area contributed by atoms with E-state index in [9.17, 15) is 4.79 Å². The van der Waals surface area contributed by atoms with Crippen LogP contribution >= 0.6 is 0 Å². The summed E-state index contributed by atoms with van der Waals surface area (Å²) in [6.45, 7) is 4.50. The molecule has 1 aliphatic heterocycles. The Morgan fingerprint density at radius 2 is 2.29 bits per heavy atom. The molecule has 3 N–H and O–H groups in total. The number of nitrogens with two attached hydrogens (primary N) is 1. The van der Waals surface area contributed by atoms with E-state index in [-0.39, 0.29) is 18.1 Å². The van der Waals surface area contributed by atoms with Gasteiger partial charge in [-0.25, -0.2) is 0 Å². The second kappa shape index (κ2) is 8.44. The maximum absolute atomic E-state index is 11.7. The molecule has 1 saturated heterocycles. The standard InChI is InChI=1S/C12H24N2O3/c1-2-3-7-16-8-6-14-12(15)11-5-4-10(9-13)17-11/h10-11H,2-9,13H2,1H3,(H,14,15)/t10-,11+/m1/s1. The smallest absolute Gasteiger partial charge is 0.249 e. The molecule has 100 valence electrons. The van der Waals surface area contributed by atoms with Gasteiger partial charge < -0.3 is 20.5 Å². The normalized spacial score (nSPS) is 23.9. The van der Waals surface area contributed by atoms with Crippen LogP contribution in [0.1, 0.15) is 32.6 Å². The molecule has 1 fully saturated rings. The number of hydrogen-bond donors (Lipinski definition) is 2. The van der Waals surface area contributed by atoms with Crippen molar-refractivity contribution in [3.63, 3.8) is 0 Å². The molecule has 0 aromatic carbocycles. The Balaban J connectivity index is 2.01. The zero-order chi connectivity index (χ0) is 12.5. The zero-order valence-electron chi connectivity index (χ0n) is 10.6. The van der Waals surface area contributed by atoms with Gasteiger partial charge in [0, 0.05) is 19.7 Å². The number of carbonyl (C=O) groups excluding carboxylic acids is 1. The minimum absolute atomic E-state index is 0.0416. The topological polar surface area (TPSA) is 73.6 Å². The van der Waals surface area contributed by atoms with Gasteiger partial charge in [-0.05, 0) is 19.3 Å². The molecule has 0 bridgehead atoms. The van der Waals surface area contributed by atoms with Crippen LogP contribution in [0, 0.1) is 0 Å². The third kappa shape index (κ3) is 5.48. The number of rotatable bonds is 8. The lowest BCUT2D eigenvalue weighted by Crippen LogP contribution is -2.37. The van der Waals surface area contributed by atoms with E-state index < -0.39 is 0 Å². The van der Waals surface area contributed by atoms with Gasteiger partial charge in [0.15, 0.2) is 0 Å². The third-order valence-corrected chi connectivity index (χ3v) is 2.85. The van der Waals surface area contributed by atoms with Gasteiger partial charge in [-0.2, -0.15) is 0 Å². The van der Waals surface area contributed by atoms with Crippen molar-refractivity contribution in [1.29, 1.82) is 0 Å². The Kier molecular flexibility index (Phi) is 7.16. The van der Waals surface area contributed by atoms with Crippen molar-refractivity contribution >= 4 is 5.91 Å². The highest BCUT2D eigenvalue weighted by Gasteiger charge is 2.29. The largest absolute Gasteiger partial charge is 0.380 e. The molecule has 1 heterocycles. The van der Waals surface area contributed by atoms with E-state index in [1.807, 2.05) is 0 Å². The number of unbranched alkanes of at least 4 members (excludes halogenated alkanes) is 1. The van der Waals surface area contributed by atoms with Gasteiger partial charge in [0.25, 0.3) is 0 Å². The summed E-state index contributed by atoms with van der Waals surface area (Å²) < 4.78 is 10.8. The molecule has 5 heteroatoms. The van der Waals surface area contributed by atoms with E-state index >= 15 is 0 Å². The highest BCUT2D eigenvalue weighted by Crippen LogP contribution is 2.18. The number of carbonyl (C=O) groups is 1. The van der Waals surface area contributed by atoms with E-state index in [0.717, 1.165) is 32.3 Å². The van der Waals surface area contributed by atoms with Crippen molar-refractivity contribution < 1.29 is 14.3 Å². The maximum atomic E-state index is 11.7. The summed E-state index contributed by atoms with van der Waals surface area (Å²) >= 11 is 0. The van der Waals surface area contributed by atoms with Crippen molar-refractivity contribution in [2.45, 2.75) is 44.8 Å². The van der Waals surface area contributed by atoms with E-state index in [1.165, 1.54) is 0 Å². The predicted molar refractivity (Wildman–Crippen MR) is 65.7 cm³/mol. The monoisotopic (exact) mass is 244 g/mol. The molecular weight excluding hydrogens is 220 g/mol. The summed E-state index contributed by atoms with van der Waals surface area (Å²) in [6, 6.07) is 0. The second-order valence-corrected chi connectivity index (χ2v) is 4.32. The van der Waals surface area contributed by atoms with Crippen LogP contribution in [0.2, 0.25) is 0 Å². The Morgan fingerprint density at radius 1 is 1.47 bits per heavy atom. The first-order chi connectivity index (χ1) is 8.27. The van der Waals surface area contributed by atoms with E-state index in [1.54, 1.807) is 0 Å². The molecule has 0 aromatic heterocycles. The molecule has 0 radical (unpaired) electrons. The van der Waals surface area contributed by atoms with Gasteiger partial charge in [0.2, 0.25) is 5.91 Å². The summed E-state index contributed by atoms with van der Waals surface area (Å²) in [5.74, 6) is -0.0416. The predicted octanol–water partition coefficient (Wildman–Crippen LogP) is 0.426. The van der Waals surface area contributed by atoms with Crippen LogP contribution in [0.15, 0.2) is 0 Å². The first-order valence-corrected chi connectivity index (χ1v) is 6.49. The van der Waals surface area contributed by atoms with Gasteiger partial charge in [0.1, 0.15) is 6.10 Å². The minimum Gasteiger partial charge on any atom is -0.380 e. The molecule has 0 aliphatic carbocycles. The summed E-state index contributed by atoms with van der Waals surface area (Å²) in [4.78, 5) is 11.7. The Morgan fingerprint density at radius 3 is 2.94 bits per heavy atom. The zero-order valence-corrected chi connectivity index (χ0v) is 10.6. The molecule has 0 spiro atoms. The highest BCUT2D eigenvalue weighted by molar-refractivity contribution is 5.80. The second-order valence-electron chi connectivity index (χ2n) is 4.32. The fourth-order valence-electron chi connectivity index (χ4n) is 1.78. The van der Waals surface area contributed by atoms with Gasteiger partial charge in [0.05, 0.1) is 12.7 Å². The third-order valence-electron chi connectivity index (χ3n) is 2.85. The first-order valence-electron chi connectivity index (χ1n) is 6.49. The van der Waals surface area contributed by atoms with E-state index in [4.69, 9.17) is 15.2 Å². The van der Waals surface area contributed by atoms with Crippen LogP contribution in [0.25, 0.3) is 0 Å². The van der Waals surface area contributed by atoms with Crippen molar-refractivity contribution in [2.24, 2.45) is 5.73 Å². The van der Waals surface area contributed by atoms with Crippen LogP contribution < -0.4 is 11.1 Å². The molecule has 2 atom stereocenters. The van der Waals surface area contributed by atoms with Crippen LogP contribution in [-0.4, -0.2) is 44.4 Å². The molecule has 17 heavy (non-hydrogen) atoms. The summed E-state index contributed by atoms with van der Waals surface area (Å²) in [5.41, 5.74) is 5.49. The average molecular weight is 244 g/mol. The number of ether oxygens (including phenoxy) is 2. The van der Waals surface area contributed by atoms with Crippen LogP contribution in [0.5, 0.6) is 0 Å². The fraction of sp³-hybridized carbons (Fsp3) is 0.917. The van der Waals surface area contributed by atoms with Crippen LogP contribution in [0.4, 0.5) is 0 Å². The lowest BCUT2D eigenvalue weighted by molar-refractivity contribution is -0.132. The first kappa shape index (κ1) is 14.4. The van der Waals surface area contributed by atoms with Crippen molar-refractivity contribution in [3.8, 4) is 0 Å². The van der Waals surface area contributed by atoms with Gasteiger partial charge in [-0.1, -0.05) is 13.3 Å². The lowest BCUT2D eigenvalue weighted by Gasteiger charge is -2.12. The molecule has 1 amide bonds. The summed E-state index contributed by atoms with van der Waals surface area (Å²) in [7, 11) is 0. The molecule has 0 aromatic rings. The fourth-order valence-corrected chi connectivity index (χ4v) is 1.78. The van der Waals surface area contributed by atoms with E-state index in [2.05, 4.69) is 12.2 Å². The number of hydrogen-bond acceptors (Lipinski definition) is 4. The molecule has 0 unspecified atom stereocenters. The lowest BCUT2D eigenvalue weighted by atomic mass is 10.2. The Hall–Kier alpha value is -0.650. The van der Waals surface area contributed by atoms with Gasteiger partial charge >= 0.3 is 0 Å². The molecule has 5 nitrogen and oxygen atoms in total. The molecule has 1 aliphatic rings. The Labute approximate surface area is 103 Å². The van der Waals surface area contributed by atoms with Gasteiger partial charge in [-0.3, -0.25) is 4.79 Å². The SMILES string of the molecule is CCCCOCCNC(=O)[C@@H]1CC[C@H](CN)O1. The van der Waals surface area contributed by atoms with Gasteiger partial charge in [-0.15, -0.1) is 0 Å². The molecular formula is C12H24N2O3. The summed E-state index contributed by atoms with van der Waals surface area (Å²) in [5, 5.41) is 2.82. The molecule has 0 saturated carbocycles. The highest BCUT2D eigenvalue weighted by atomic mass is 16.5. The van der Waals surface area contributed by atoms with Crippen LogP contribution in [-0.2, 0) is 14.3 Å². The summed E-state index contributed by atoms with van der Waals surface area (Å²) in [6.07, 6.45) is 3.57. The maximum Gasteiger partial charge on any atom is 0.249 e. The van der Waals surface area contributed by atoms with E-state index in [0.29, 0.717) is 19.7 Å². The van der Waals surface area contributed by atoms with Crippen molar-refractivity contribution in [3.05, 3.63) is 0 Å². The quantitative estimate of drug-likeness (QED) is 0.607. The minimum atomic E-state index is -0.320. The number of nitrogens with one attached hydrogen (secondary N) is 1. The average Bonchev–Trinajstić information content (AvgIpc) is 2.82. The number of amides is 1. The van der Waals surface area contributed by atoms with Crippen molar-refractivity contribution in [1.82, 2.24) is 5.32 Å². The Bertz CT molecular complexity index is 224. The van der Waals surface area contributed by atoms with Crippen molar-refractivity contribution in [2.75, 3.05) is 26.3 Å².